The summed E-state index contributed by atoms with van der Waals surface area (Å²) in [6.45, 7) is 1.24. The normalized spacial score (nSPS) is 19.7. The molecule has 2 saturated heterocycles. The smallest absolute Gasteiger partial charge is 0.247 e. The summed E-state index contributed by atoms with van der Waals surface area (Å²) in [4.78, 5) is 58.8. The molecule has 0 spiro atoms. The predicted octanol–water partition coefficient (Wildman–Crippen LogP) is 4.76. The Bertz CT molecular complexity index is 1530. The van der Waals surface area contributed by atoms with E-state index in [2.05, 4.69) is 15.6 Å². The van der Waals surface area contributed by atoms with Gasteiger partial charge in [-0.2, -0.15) is 0 Å². The second-order valence-corrected chi connectivity index (χ2v) is 11.8. The highest BCUT2D eigenvalue weighted by Gasteiger charge is 2.41. The van der Waals surface area contributed by atoms with Crippen LogP contribution in [-0.4, -0.2) is 63.6 Å². The molecule has 0 radical (unpaired) electrons. The number of likely N-dealkylation sites (tertiary alicyclic amines) is 2. The van der Waals surface area contributed by atoms with E-state index in [4.69, 9.17) is 0 Å². The van der Waals surface area contributed by atoms with E-state index in [1.807, 2.05) is 66.7 Å². The maximum absolute atomic E-state index is 13.0. The number of hydrogen-bond acceptors (Lipinski definition) is 5. The summed E-state index contributed by atoms with van der Waals surface area (Å²) in [7, 11) is 0. The van der Waals surface area contributed by atoms with Gasteiger partial charge in [0.15, 0.2) is 0 Å². The standard InChI is InChI=1S/C35H37N5O4/c41-32(22-26-4-1-19-36-23-26)39-20-2-5-30(39)33(42)37-28-15-9-24(10-16-28)7-8-25-11-17-29(18-12-25)38-34(43)31-6-3-21-40(31)35(44)27-13-14-27/h1,4,7-12,15-19,23,27,30-31H,2-3,5-6,13-14,20-22H2,(H,37,42)(H,38,43)/b8-7+/t30-,31-/m0/s1. The lowest BCUT2D eigenvalue weighted by Gasteiger charge is -2.24. The quantitative estimate of drug-likeness (QED) is 0.349. The first-order valence-electron chi connectivity index (χ1n) is 15.4. The predicted molar refractivity (Wildman–Crippen MR) is 169 cm³/mol. The second-order valence-electron chi connectivity index (χ2n) is 11.8. The lowest BCUT2D eigenvalue weighted by molar-refractivity contribution is -0.137. The van der Waals surface area contributed by atoms with Crippen molar-refractivity contribution in [1.29, 1.82) is 0 Å². The average Bonchev–Trinajstić information content (AvgIpc) is 3.55. The van der Waals surface area contributed by atoms with Gasteiger partial charge >= 0.3 is 0 Å². The van der Waals surface area contributed by atoms with Gasteiger partial charge < -0.3 is 20.4 Å². The summed E-state index contributed by atoms with van der Waals surface area (Å²) in [6, 6.07) is 18.0. The van der Waals surface area contributed by atoms with Crippen LogP contribution in [0.3, 0.4) is 0 Å². The average molecular weight is 592 g/mol. The van der Waals surface area contributed by atoms with Gasteiger partial charge in [0.2, 0.25) is 23.6 Å². The Kier molecular flexibility index (Phi) is 8.81. The summed E-state index contributed by atoms with van der Waals surface area (Å²) in [5.41, 5.74) is 4.17. The molecule has 9 nitrogen and oxygen atoms in total. The number of aromatic nitrogens is 1. The monoisotopic (exact) mass is 591 g/mol. The van der Waals surface area contributed by atoms with Gasteiger partial charge in [0.1, 0.15) is 12.1 Å². The molecule has 3 aromatic rings. The van der Waals surface area contributed by atoms with Crippen LogP contribution in [0, 0.1) is 5.92 Å². The molecule has 3 aliphatic rings. The molecule has 1 aliphatic carbocycles. The van der Waals surface area contributed by atoms with Crippen molar-refractivity contribution in [2.24, 2.45) is 5.92 Å². The number of nitrogens with zero attached hydrogens (tertiary/aromatic N) is 3. The molecule has 0 unspecified atom stereocenters. The maximum Gasteiger partial charge on any atom is 0.247 e. The Morgan fingerprint density at radius 3 is 1.80 bits per heavy atom. The lowest BCUT2D eigenvalue weighted by atomic mass is 10.1. The Morgan fingerprint density at radius 2 is 1.27 bits per heavy atom. The van der Waals surface area contributed by atoms with Gasteiger partial charge in [-0.25, -0.2) is 0 Å². The number of carbonyl (C=O) groups is 4. The van der Waals surface area contributed by atoms with Crippen LogP contribution in [0.2, 0.25) is 0 Å². The zero-order valence-corrected chi connectivity index (χ0v) is 24.7. The zero-order chi connectivity index (χ0) is 30.5. The van der Waals surface area contributed by atoms with E-state index in [0.29, 0.717) is 37.3 Å². The van der Waals surface area contributed by atoms with E-state index in [-0.39, 0.29) is 42.0 Å². The number of amides is 4. The maximum atomic E-state index is 13.0. The van der Waals surface area contributed by atoms with E-state index in [1.165, 1.54) is 0 Å². The second kappa shape index (κ2) is 13.2. The van der Waals surface area contributed by atoms with E-state index in [9.17, 15) is 19.2 Å². The highest BCUT2D eigenvalue weighted by Crippen LogP contribution is 2.34. The van der Waals surface area contributed by atoms with Crippen molar-refractivity contribution in [3.63, 3.8) is 0 Å². The highest BCUT2D eigenvalue weighted by atomic mass is 16.2. The van der Waals surface area contributed by atoms with Crippen molar-refractivity contribution in [1.82, 2.24) is 14.8 Å². The molecule has 0 bridgehead atoms. The SMILES string of the molecule is O=C(Nc1ccc(/C=C/c2ccc(NC(=O)[C@@H]3CCCN3C(=O)C3CC3)cc2)cc1)[C@@H]1CCCN1C(=O)Cc1cccnc1. The van der Waals surface area contributed by atoms with Crippen LogP contribution in [0.4, 0.5) is 11.4 Å². The first-order valence-corrected chi connectivity index (χ1v) is 15.4. The fourth-order valence-electron chi connectivity index (χ4n) is 5.98. The molecule has 2 N–H and O–H groups in total. The van der Waals surface area contributed by atoms with Crippen molar-refractivity contribution in [2.75, 3.05) is 23.7 Å². The van der Waals surface area contributed by atoms with Gasteiger partial charge in [-0.1, -0.05) is 42.5 Å². The first-order chi connectivity index (χ1) is 21.4. The third-order valence-corrected chi connectivity index (χ3v) is 8.54. The molecule has 1 aromatic heterocycles. The molecule has 9 heteroatoms. The number of carbonyl (C=O) groups excluding carboxylic acids is 4. The molecular formula is C35H37N5O4. The van der Waals surface area contributed by atoms with E-state index >= 15 is 0 Å². The van der Waals surface area contributed by atoms with Crippen molar-refractivity contribution in [2.45, 2.75) is 57.0 Å². The molecule has 2 aromatic carbocycles. The number of hydrogen-bond donors (Lipinski definition) is 2. The number of benzene rings is 2. The van der Waals surface area contributed by atoms with Crippen LogP contribution < -0.4 is 10.6 Å². The Balaban J connectivity index is 0.993. The highest BCUT2D eigenvalue weighted by molar-refractivity contribution is 5.99. The minimum atomic E-state index is -0.478. The Hall–Kier alpha value is -4.79. The van der Waals surface area contributed by atoms with Crippen LogP contribution in [0.15, 0.2) is 73.1 Å². The molecule has 1 saturated carbocycles. The first kappa shape index (κ1) is 29.3. The molecular weight excluding hydrogens is 554 g/mol. The van der Waals surface area contributed by atoms with Gasteiger partial charge in [0.25, 0.3) is 0 Å². The number of anilines is 2. The van der Waals surface area contributed by atoms with Crippen LogP contribution in [0.1, 0.15) is 55.2 Å². The molecule has 2 aliphatic heterocycles. The van der Waals surface area contributed by atoms with Crippen molar-refractivity contribution in [3.05, 3.63) is 89.7 Å². The lowest BCUT2D eigenvalue weighted by Crippen LogP contribution is -2.43. The van der Waals surface area contributed by atoms with Gasteiger partial charge in [0, 0.05) is 42.8 Å². The summed E-state index contributed by atoms with van der Waals surface area (Å²) in [5.74, 6) is -0.111. The topological polar surface area (TPSA) is 112 Å². The number of pyridine rings is 1. The summed E-state index contributed by atoms with van der Waals surface area (Å²) < 4.78 is 0. The van der Waals surface area contributed by atoms with E-state index in [1.54, 1.807) is 28.3 Å². The molecule has 226 valence electrons. The molecule has 6 rings (SSSR count). The molecule has 3 fully saturated rings. The number of nitrogens with one attached hydrogen (secondary N) is 2. The minimum absolute atomic E-state index is 0.0626. The fourth-order valence-corrected chi connectivity index (χ4v) is 5.98. The van der Waals surface area contributed by atoms with Gasteiger partial charge in [0.05, 0.1) is 6.42 Å². The summed E-state index contributed by atoms with van der Waals surface area (Å²) >= 11 is 0. The van der Waals surface area contributed by atoms with Crippen molar-refractivity contribution < 1.29 is 19.2 Å². The van der Waals surface area contributed by atoms with Crippen molar-refractivity contribution >= 4 is 47.2 Å². The fraction of sp³-hybridized carbons (Fsp3) is 0.343. The molecule has 3 heterocycles. The molecule has 2 atom stereocenters. The Morgan fingerprint density at radius 1 is 0.727 bits per heavy atom. The van der Waals surface area contributed by atoms with Gasteiger partial charge in [-0.05, 0) is 85.5 Å². The molecule has 44 heavy (non-hydrogen) atoms. The van der Waals surface area contributed by atoms with Gasteiger partial charge in [-0.3, -0.25) is 24.2 Å². The van der Waals surface area contributed by atoms with Crippen LogP contribution in [-0.2, 0) is 25.6 Å². The minimum Gasteiger partial charge on any atom is -0.330 e. The molecule has 4 amide bonds. The zero-order valence-electron chi connectivity index (χ0n) is 24.7. The van der Waals surface area contributed by atoms with E-state index < -0.39 is 6.04 Å². The van der Waals surface area contributed by atoms with E-state index in [0.717, 1.165) is 42.4 Å². The van der Waals surface area contributed by atoms with Crippen molar-refractivity contribution in [3.8, 4) is 0 Å². The Labute approximate surface area is 257 Å². The van der Waals surface area contributed by atoms with Crippen LogP contribution >= 0.6 is 0 Å². The largest absolute Gasteiger partial charge is 0.330 e. The van der Waals surface area contributed by atoms with Gasteiger partial charge in [-0.15, -0.1) is 0 Å². The third-order valence-electron chi connectivity index (χ3n) is 8.54. The number of rotatable bonds is 9. The van der Waals surface area contributed by atoms with Crippen LogP contribution in [0.25, 0.3) is 12.2 Å². The van der Waals surface area contributed by atoms with Crippen LogP contribution in [0.5, 0.6) is 0 Å². The summed E-state index contributed by atoms with van der Waals surface area (Å²) in [5, 5.41) is 5.94. The summed E-state index contributed by atoms with van der Waals surface area (Å²) in [6.07, 6.45) is 12.4. The third kappa shape index (κ3) is 7.05.